The predicted octanol–water partition coefficient (Wildman–Crippen LogP) is 1.84. The number of rotatable bonds is 3. The molecular formula is C13H13N3O2S. The Labute approximate surface area is 114 Å². The van der Waals surface area contributed by atoms with Crippen LogP contribution in [-0.4, -0.2) is 19.0 Å². The van der Waals surface area contributed by atoms with Crippen LogP contribution in [-0.2, 0) is 0 Å². The molecule has 1 heterocycles. The van der Waals surface area contributed by atoms with Crippen molar-refractivity contribution in [2.45, 2.75) is 0 Å². The monoisotopic (exact) mass is 275 g/mol. The minimum atomic E-state index is -0.431. The largest absolute Gasteiger partial charge is 0.497 e. The van der Waals surface area contributed by atoms with Crippen molar-refractivity contribution in [3.63, 3.8) is 0 Å². The van der Waals surface area contributed by atoms with E-state index < -0.39 is 5.91 Å². The molecule has 1 aromatic heterocycles. The molecule has 0 bridgehead atoms. The summed E-state index contributed by atoms with van der Waals surface area (Å²) < 4.78 is 5.17. The quantitative estimate of drug-likeness (QED) is 0.660. The van der Waals surface area contributed by atoms with Gasteiger partial charge < -0.3 is 16.2 Å². The number of guanidine groups is 1. The molecule has 0 aliphatic heterocycles. The number of hydrogen-bond acceptors (Lipinski definition) is 3. The lowest BCUT2D eigenvalue weighted by atomic mass is 10.2. The fourth-order valence-corrected chi connectivity index (χ4v) is 2.44. The average molecular weight is 275 g/mol. The molecule has 2 aromatic rings. The van der Waals surface area contributed by atoms with E-state index in [-0.39, 0.29) is 5.96 Å². The van der Waals surface area contributed by atoms with E-state index in [0.29, 0.717) is 4.88 Å². The summed E-state index contributed by atoms with van der Waals surface area (Å²) in [5.41, 5.74) is 11.3. The number of carbonyl (C=O) groups excluding carboxylic acids is 1. The molecule has 6 heteroatoms. The molecule has 0 unspecified atom stereocenters. The maximum Gasteiger partial charge on any atom is 0.290 e. The van der Waals surface area contributed by atoms with Gasteiger partial charge in [-0.15, -0.1) is 11.3 Å². The van der Waals surface area contributed by atoms with Crippen LogP contribution < -0.4 is 16.2 Å². The molecule has 0 spiro atoms. The Kier molecular flexibility index (Phi) is 3.82. The van der Waals surface area contributed by atoms with Gasteiger partial charge in [0, 0.05) is 4.88 Å². The summed E-state index contributed by atoms with van der Waals surface area (Å²) in [5.74, 6) is 0.100. The molecule has 0 aliphatic rings. The predicted molar refractivity (Wildman–Crippen MR) is 76.4 cm³/mol. The first-order chi connectivity index (χ1) is 9.10. The normalized spacial score (nSPS) is 9.95. The lowest BCUT2D eigenvalue weighted by molar-refractivity contribution is 0.101. The number of hydrogen-bond donors (Lipinski definition) is 2. The van der Waals surface area contributed by atoms with Gasteiger partial charge in [-0.05, 0) is 29.8 Å². The van der Waals surface area contributed by atoms with E-state index in [4.69, 9.17) is 16.2 Å². The Hall–Kier alpha value is -2.34. The molecule has 2 rings (SSSR count). The van der Waals surface area contributed by atoms with Crippen molar-refractivity contribution in [2.24, 2.45) is 16.5 Å². The molecule has 0 atom stereocenters. The van der Waals surface area contributed by atoms with Gasteiger partial charge in [0.2, 0.25) is 0 Å². The second kappa shape index (κ2) is 5.53. The third kappa shape index (κ3) is 3.11. The Bertz CT molecular complexity index is 630. The fraction of sp³-hybridized carbons (Fsp3) is 0.0769. The van der Waals surface area contributed by atoms with Crippen molar-refractivity contribution >= 4 is 23.2 Å². The molecule has 98 valence electrons. The summed E-state index contributed by atoms with van der Waals surface area (Å²) in [6.07, 6.45) is 0. The number of benzene rings is 1. The minimum absolute atomic E-state index is 0.235. The van der Waals surface area contributed by atoms with E-state index >= 15 is 0 Å². The summed E-state index contributed by atoms with van der Waals surface area (Å²) in [6, 6.07) is 11.2. The SMILES string of the molecule is COc1cccc(-c2ccc(C(=O)N=C(N)N)s2)c1. The van der Waals surface area contributed by atoms with Crippen LogP contribution in [0, 0.1) is 0 Å². The van der Waals surface area contributed by atoms with Gasteiger partial charge >= 0.3 is 0 Å². The van der Waals surface area contributed by atoms with Gasteiger partial charge in [-0.25, -0.2) is 0 Å². The van der Waals surface area contributed by atoms with Crippen LogP contribution in [0.15, 0.2) is 41.4 Å². The molecule has 4 N–H and O–H groups in total. The number of thiophene rings is 1. The van der Waals surface area contributed by atoms with Gasteiger partial charge in [-0.3, -0.25) is 4.79 Å². The fourth-order valence-electron chi connectivity index (χ4n) is 1.56. The number of aliphatic imine (C=N–C) groups is 1. The topological polar surface area (TPSA) is 90.7 Å². The van der Waals surface area contributed by atoms with Crippen LogP contribution in [0.3, 0.4) is 0 Å². The van der Waals surface area contributed by atoms with Crippen molar-refractivity contribution in [3.8, 4) is 16.2 Å². The van der Waals surface area contributed by atoms with E-state index in [0.717, 1.165) is 16.2 Å². The van der Waals surface area contributed by atoms with Crippen molar-refractivity contribution in [2.75, 3.05) is 7.11 Å². The highest BCUT2D eigenvalue weighted by Crippen LogP contribution is 2.30. The van der Waals surface area contributed by atoms with E-state index in [2.05, 4.69) is 4.99 Å². The summed E-state index contributed by atoms with van der Waals surface area (Å²) >= 11 is 1.33. The molecule has 1 aromatic carbocycles. The average Bonchev–Trinajstić information content (AvgIpc) is 2.88. The first kappa shape index (κ1) is 13.1. The lowest BCUT2D eigenvalue weighted by Gasteiger charge is -2.01. The summed E-state index contributed by atoms with van der Waals surface area (Å²) in [4.78, 5) is 16.6. The van der Waals surface area contributed by atoms with E-state index in [9.17, 15) is 4.79 Å². The second-order valence-electron chi connectivity index (χ2n) is 3.74. The van der Waals surface area contributed by atoms with Crippen molar-refractivity contribution in [1.82, 2.24) is 0 Å². The van der Waals surface area contributed by atoms with Crippen molar-refractivity contribution < 1.29 is 9.53 Å². The number of nitrogens with two attached hydrogens (primary N) is 2. The highest BCUT2D eigenvalue weighted by atomic mass is 32.1. The number of nitrogens with zero attached hydrogens (tertiary/aromatic N) is 1. The highest BCUT2D eigenvalue weighted by molar-refractivity contribution is 7.17. The maximum atomic E-state index is 11.7. The Morgan fingerprint density at radius 3 is 2.74 bits per heavy atom. The number of methoxy groups -OCH3 is 1. The number of carbonyl (C=O) groups is 1. The second-order valence-corrected chi connectivity index (χ2v) is 4.82. The molecule has 1 amide bonds. The third-order valence-corrected chi connectivity index (χ3v) is 3.52. The first-order valence-electron chi connectivity index (χ1n) is 5.48. The van der Waals surface area contributed by atoms with Gasteiger partial charge in [0.25, 0.3) is 5.91 Å². The van der Waals surface area contributed by atoms with E-state index in [1.807, 2.05) is 30.3 Å². The molecule has 0 fully saturated rings. The summed E-state index contributed by atoms with van der Waals surface area (Å²) in [6.45, 7) is 0. The Morgan fingerprint density at radius 2 is 2.05 bits per heavy atom. The zero-order valence-corrected chi connectivity index (χ0v) is 11.1. The smallest absolute Gasteiger partial charge is 0.290 e. The number of ether oxygens (including phenoxy) is 1. The molecule has 0 aliphatic carbocycles. The molecular weight excluding hydrogens is 262 g/mol. The van der Waals surface area contributed by atoms with Crippen LogP contribution in [0.5, 0.6) is 5.75 Å². The van der Waals surface area contributed by atoms with E-state index in [1.54, 1.807) is 13.2 Å². The minimum Gasteiger partial charge on any atom is -0.497 e. The van der Waals surface area contributed by atoms with Crippen LogP contribution in [0.1, 0.15) is 9.67 Å². The van der Waals surface area contributed by atoms with Crippen LogP contribution in [0.25, 0.3) is 10.4 Å². The van der Waals surface area contributed by atoms with Crippen LogP contribution >= 0.6 is 11.3 Å². The Balaban J connectivity index is 2.30. The molecule has 5 nitrogen and oxygen atoms in total. The van der Waals surface area contributed by atoms with E-state index in [1.165, 1.54) is 11.3 Å². The van der Waals surface area contributed by atoms with Crippen LogP contribution in [0.2, 0.25) is 0 Å². The molecule has 19 heavy (non-hydrogen) atoms. The lowest BCUT2D eigenvalue weighted by Crippen LogP contribution is -2.24. The molecule has 0 saturated carbocycles. The van der Waals surface area contributed by atoms with Crippen molar-refractivity contribution in [3.05, 3.63) is 41.3 Å². The zero-order chi connectivity index (χ0) is 13.8. The standard InChI is InChI=1S/C13H13N3O2S/c1-18-9-4-2-3-8(7-9)10-5-6-11(19-10)12(17)16-13(14)15/h2-7H,1H3,(H4,14,15,16,17). The summed E-state index contributed by atoms with van der Waals surface area (Å²) in [5, 5.41) is 0. The van der Waals surface area contributed by atoms with Gasteiger partial charge in [0.05, 0.1) is 12.0 Å². The third-order valence-electron chi connectivity index (χ3n) is 2.40. The van der Waals surface area contributed by atoms with Gasteiger partial charge in [0.15, 0.2) is 5.96 Å². The van der Waals surface area contributed by atoms with Gasteiger partial charge in [-0.1, -0.05) is 12.1 Å². The van der Waals surface area contributed by atoms with Crippen molar-refractivity contribution in [1.29, 1.82) is 0 Å². The van der Waals surface area contributed by atoms with Gasteiger partial charge in [0.1, 0.15) is 5.75 Å². The zero-order valence-electron chi connectivity index (χ0n) is 10.3. The highest BCUT2D eigenvalue weighted by Gasteiger charge is 2.10. The summed E-state index contributed by atoms with van der Waals surface area (Å²) in [7, 11) is 1.61. The first-order valence-corrected chi connectivity index (χ1v) is 6.30. The molecule has 0 saturated heterocycles. The Morgan fingerprint density at radius 1 is 1.26 bits per heavy atom. The van der Waals surface area contributed by atoms with Gasteiger partial charge in [-0.2, -0.15) is 4.99 Å². The van der Waals surface area contributed by atoms with Crippen LogP contribution in [0.4, 0.5) is 0 Å². The molecule has 0 radical (unpaired) electrons. The number of amides is 1. The maximum absolute atomic E-state index is 11.7.